The third-order valence-corrected chi connectivity index (χ3v) is 9.62. The predicted molar refractivity (Wildman–Crippen MR) is 138 cm³/mol. The number of carbonyl (C=O) groups excluding carboxylic acids is 1. The van der Waals surface area contributed by atoms with E-state index >= 15 is 0 Å². The minimum absolute atomic E-state index is 0.0562. The van der Waals surface area contributed by atoms with Crippen LogP contribution >= 0.6 is 11.5 Å². The number of aromatic nitrogens is 2. The van der Waals surface area contributed by atoms with Crippen LogP contribution in [0, 0.1) is 23.7 Å². The number of methoxy groups -OCH3 is 1. The standard InChI is InChI=1S/C27H37N5O2S/c1-34-23-4-2-3-19(12-23)13-24-29-26(35-31-24)32-7-5-18(6-8-32)17-28-25(33)30-27-14-20-9-21(15-27)11-22(10-20)16-27/h2-4,12,18,20-22H,5-11,13-17H2,1H3,(H2,28,30,33). The predicted octanol–water partition coefficient (Wildman–Crippen LogP) is 4.62. The fourth-order valence-corrected chi connectivity index (χ4v) is 8.26. The average Bonchev–Trinajstić information content (AvgIpc) is 3.30. The van der Waals surface area contributed by atoms with Crippen LogP contribution < -0.4 is 20.3 Å². The summed E-state index contributed by atoms with van der Waals surface area (Å²) >= 11 is 1.49. The molecule has 0 unspecified atom stereocenters. The van der Waals surface area contributed by atoms with Gasteiger partial charge in [0.15, 0.2) is 0 Å². The molecule has 188 valence electrons. The number of hydrogen-bond donors (Lipinski definition) is 2. The van der Waals surface area contributed by atoms with E-state index in [1.807, 2.05) is 18.2 Å². The molecule has 35 heavy (non-hydrogen) atoms. The van der Waals surface area contributed by atoms with E-state index in [-0.39, 0.29) is 11.6 Å². The molecule has 0 spiro atoms. The van der Waals surface area contributed by atoms with Crippen LogP contribution in [0.5, 0.6) is 5.75 Å². The van der Waals surface area contributed by atoms with E-state index in [0.717, 1.165) is 72.5 Å². The highest BCUT2D eigenvalue weighted by molar-refractivity contribution is 7.09. The van der Waals surface area contributed by atoms with Crippen molar-refractivity contribution in [1.29, 1.82) is 0 Å². The number of amides is 2. The lowest BCUT2D eigenvalue weighted by Crippen LogP contribution is -2.61. The summed E-state index contributed by atoms with van der Waals surface area (Å²) in [5, 5.41) is 7.67. The fourth-order valence-electron chi connectivity index (χ4n) is 7.52. The molecule has 5 aliphatic rings. The van der Waals surface area contributed by atoms with Gasteiger partial charge in [-0.1, -0.05) is 12.1 Å². The second kappa shape index (κ2) is 9.60. The van der Waals surface area contributed by atoms with Gasteiger partial charge in [0.05, 0.1) is 7.11 Å². The number of nitrogens with zero attached hydrogens (tertiary/aromatic N) is 3. The Kier molecular flexibility index (Phi) is 6.33. The lowest BCUT2D eigenvalue weighted by molar-refractivity contribution is -0.0135. The second-order valence-corrected chi connectivity index (χ2v) is 12.2. The Morgan fingerprint density at radius 2 is 1.86 bits per heavy atom. The van der Waals surface area contributed by atoms with Gasteiger partial charge in [-0.05, 0) is 92.7 Å². The van der Waals surface area contributed by atoms with Crippen molar-refractivity contribution in [2.24, 2.45) is 23.7 Å². The Morgan fingerprint density at radius 1 is 1.14 bits per heavy atom. The maximum absolute atomic E-state index is 12.8. The van der Waals surface area contributed by atoms with E-state index in [1.54, 1.807) is 7.11 Å². The van der Waals surface area contributed by atoms with Crippen LogP contribution in [0.3, 0.4) is 0 Å². The van der Waals surface area contributed by atoms with Gasteiger partial charge in [0.25, 0.3) is 0 Å². The average molecular weight is 496 g/mol. The molecule has 1 aromatic carbocycles. The summed E-state index contributed by atoms with van der Waals surface area (Å²) in [6.07, 6.45) is 10.7. The Labute approximate surface area is 212 Å². The van der Waals surface area contributed by atoms with E-state index in [0.29, 0.717) is 12.3 Å². The summed E-state index contributed by atoms with van der Waals surface area (Å²) in [6.45, 7) is 2.71. The van der Waals surface area contributed by atoms with Gasteiger partial charge >= 0.3 is 6.03 Å². The van der Waals surface area contributed by atoms with E-state index < -0.39 is 0 Å². The summed E-state index contributed by atoms with van der Waals surface area (Å²) in [5.74, 6) is 4.80. The minimum Gasteiger partial charge on any atom is -0.497 e. The van der Waals surface area contributed by atoms with Crippen molar-refractivity contribution in [3.63, 3.8) is 0 Å². The molecule has 8 heteroatoms. The maximum atomic E-state index is 12.8. The number of anilines is 1. The van der Waals surface area contributed by atoms with Crippen molar-refractivity contribution < 1.29 is 9.53 Å². The van der Waals surface area contributed by atoms with Crippen LogP contribution in [0.15, 0.2) is 24.3 Å². The van der Waals surface area contributed by atoms with Crippen LogP contribution in [0.2, 0.25) is 0 Å². The smallest absolute Gasteiger partial charge is 0.315 e. The third kappa shape index (κ3) is 5.13. The normalized spacial score (nSPS) is 29.9. The summed E-state index contributed by atoms with van der Waals surface area (Å²) in [6, 6.07) is 8.14. The number of nitrogens with one attached hydrogen (secondary N) is 2. The summed E-state index contributed by atoms with van der Waals surface area (Å²) in [7, 11) is 1.69. The number of rotatable bonds is 7. The molecule has 1 aromatic heterocycles. The molecule has 2 amide bonds. The Morgan fingerprint density at radius 3 is 2.54 bits per heavy atom. The Bertz CT molecular complexity index is 1010. The molecule has 1 saturated heterocycles. The van der Waals surface area contributed by atoms with Gasteiger partial charge in [0.1, 0.15) is 11.6 Å². The second-order valence-electron chi connectivity index (χ2n) is 11.5. The third-order valence-electron chi connectivity index (χ3n) is 8.81. The molecule has 2 N–H and O–H groups in total. The highest BCUT2D eigenvalue weighted by Gasteiger charge is 2.51. The zero-order chi connectivity index (χ0) is 23.8. The molecule has 2 heterocycles. The lowest BCUT2D eigenvalue weighted by atomic mass is 9.53. The molecule has 7 nitrogen and oxygen atoms in total. The van der Waals surface area contributed by atoms with Gasteiger partial charge in [-0.3, -0.25) is 0 Å². The van der Waals surface area contributed by atoms with Crippen molar-refractivity contribution in [3.8, 4) is 5.75 Å². The van der Waals surface area contributed by atoms with Crippen LogP contribution in [0.25, 0.3) is 0 Å². The number of carbonyl (C=O) groups is 1. The van der Waals surface area contributed by atoms with E-state index in [9.17, 15) is 4.79 Å². The van der Waals surface area contributed by atoms with Crippen molar-refractivity contribution in [1.82, 2.24) is 20.0 Å². The zero-order valence-corrected chi connectivity index (χ0v) is 21.5. The first-order valence-corrected chi connectivity index (χ1v) is 14.1. The molecule has 7 rings (SSSR count). The van der Waals surface area contributed by atoms with E-state index in [4.69, 9.17) is 9.72 Å². The van der Waals surface area contributed by atoms with Crippen molar-refractivity contribution >= 4 is 22.7 Å². The monoisotopic (exact) mass is 495 g/mol. The van der Waals surface area contributed by atoms with Crippen LogP contribution in [-0.4, -0.2) is 47.7 Å². The van der Waals surface area contributed by atoms with E-state index in [1.165, 1.54) is 50.1 Å². The van der Waals surface area contributed by atoms with Gasteiger partial charge in [-0.15, -0.1) is 0 Å². The van der Waals surface area contributed by atoms with E-state index in [2.05, 4.69) is 26.0 Å². The quantitative estimate of drug-likeness (QED) is 0.586. The molecular weight excluding hydrogens is 458 g/mol. The largest absolute Gasteiger partial charge is 0.497 e. The first-order valence-electron chi connectivity index (χ1n) is 13.3. The van der Waals surface area contributed by atoms with Gasteiger partial charge in [0.2, 0.25) is 5.13 Å². The van der Waals surface area contributed by atoms with Gasteiger partial charge in [0, 0.05) is 43.1 Å². The number of piperidine rings is 1. The minimum atomic E-state index is 0.0562. The SMILES string of the molecule is COc1cccc(Cc2nsc(N3CCC(CNC(=O)NC45CC6CC(CC(C6)C4)C5)CC3)n2)c1. The molecular formula is C27H37N5O2S. The Balaban J connectivity index is 0.954. The topological polar surface area (TPSA) is 79.4 Å². The van der Waals surface area contributed by atoms with Crippen molar-refractivity contribution in [3.05, 3.63) is 35.7 Å². The molecule has 2 aromatic rings. The summed E-state index contributed by atoms with van der Waals surface area (Å²) in [5.41, 5.74) is 1.24. The maximum Gasteiger partial charge on any atom is 0.315 e. The van der Waals surface area contributed by atoms with Gasteiger partial charge in [-0.2, -0.15) is 4.37 Å². The summed E-state index contributed by atoms with van der Waals surface area (Å²) in [4.78, 5) is 19.9. The first-order chi connectivity index (χ1) is 17.1. The molecule has 0 radical (unpaired) electrons. The summed E-state index contributed by atoms with van der Waals surface area (Å²) < 4.78 is 9.91. The molecule has 4 saturated carbocycles. The van der Waals surface area contributed by atoms with Gasteiger partial charge in [-0.25, -0.2) is 9.78 Å². The number of benzene rings is 1. The molecule has 1 aliphatic heterocycles. The van der Waals surface area contributed by atoms with Crippen molar-refractivity contribution in [2.45, 2.75) is 63.3 Å². The number of hydrogen-bond acceptors (Lipinski definition) is 6. The molecule has 4 aliphatic carbocycles. The lowest BCUT2D eigenvalue weighted by Gasteiger charge is -2.56. The number of ether oxygens (including phenoxy) is 1. The Hall–Kier alpha value is -2.35. The van der Waals surface area contributed by atoms with Crippen molar-refractivity contribution in [2.75, 3.05) is 31.6 Å². The van der Waals surface area contributed by atoms with Crippen LogP contribution in [0.1, 0.15) is 62.8 Å². The zero-order valence-electron chi connectivity index (χ0n) is 20.7. The molecule has 4 bridgehead atoms. The highest BCUT2D eigenvalue weighted by atomic mass is 32.1. The fraction of sp³-hybridized carbons (Fsp3) is 0.667. The first kappa shape index (κ1) is 23.1. The number of urea groups is 1. The molecule has 0 atom stereocenters. The van der Waals surface area contributed by atoms with Gasteiger partial charge < -0.3 is 20.3 Å². The van der Waals surface area contributed by atoms with Crippen LogP contribution in [-0.2, 0) is 6.42 Å². The highest BCUT2D eigenvalue weighted by Crippen LogP contribution is 2.55. The van der Waals surface area contributed by atoms with Crippen LogP contribution in [0.4, 0.5) is 9.93 Å². The molecule has 5 fully saturated rings.